The largest absolute Gasteiger partial charge is 0.480 e. The summed E-state index contributed by atoms with van der Waals surface area (Å²) in [5.74, 6) is -1.35. The molecule has 0 saturated carbocycles. The van der Waals surface area contributed by atoms with Crippen LogP contribution in [-0.2, 0) is 15.8 Å². The highest BCUT2D eigenvalue weighted by Crippen LogP contribution is 2.36. The molecule has 0 bridgehead atoms. The van der Waals surface area contributed by atoms with Crippen molar-refractivity contribution in [3.63, 3.8) is 0 Å². The van der Waals surface area contributed by atoms with E-state index in [2.05, 4.69) is 5.32 Å². The predicted molar refractivity (Wildman–Crippen MR) is 77.9 cm³/mol. The second-order valence-corrected chi connectivity index (χ2v) is 4.78. The monoisotopic (exact) mass is 332 g/mol. The summed E-state index contributed by atoms with van der Waals surface area (Å²) in [5.41, 5.74) is -0.950. The van der Waals surface area contributed by atoms with E-state index in [4.69, 9.17) is 4.74 Å². The Bertz CT molecular complexity index is 561. The van der Waals surface area contributed by atoms with Crippen LogP contribution in [0.15, 0.2) is 24.3 Å². The molecule has 0 radical (unpaired) electrons. The lowest BCUT2D eigenvalue weighted by molar-refractivity contribution is -0.144. The molecular formula is C15H19F3N2O3. The van der Waals surface area contributed by atoms with Crippen molar-refractivity contribution in [2.75, 3.05) is 20.1 Å². The van der Waals surface area contributed by atoms with Gasteiger partial charge < -0.3 is 15.0 Å². The molecule has 0 aliphatic heterocycles. The molecule has 0 saturated heterocycles. The Morgan fingerprint density at radius 2 is 1.91 bits per heavy atom. The zero-order chi connectivity index (χ0) is 17.6. The summed E-state index contributed by atoms with van der Waals surface area (Å²) < 4.78 is 43.9. The van der Waals surface area contributed by atoms with E-state index >= 15 is 0 Å². The van der Waals surface area contributed by atoms with Crippen molar-refractivity contribution in [1.29, 1.82) is 0 Å². The molecule has 0 aromatic heterocycles. The Morgan fingerprint density at radius 1 is 1.30 bits per heavy atom. The van der Waals surface area contributed by atoms with Gasteiger partial charge in [0.05, 0.1) is 12.1 Å². The Kier molecular flexibility index (Phi) is 6.41. The number of alkyl halides is 3. The number of likely N-dealkylation sites (N-methyl/N-ethyl adjacent to an activating group) is 2. The Morgan fingerprint density at radius 3 is 2.43 bits per heavy atom. The van der Waals surface area contributed by atoms with Crippen molar-refractivity contribution in [3.05, 3.63) is 29.8 Å². The molecule has 1 atom stereocenters. The number of amides is 2. The maximum atomic E-state index is 12.9. The second-order valence-electron chi connectivity index (χ2n) is 4.78. The van der Waals surface area contributed by atoms with Crippen molar-refractivity contribution >= 4 is 11.8 Å². The normalized spacial score (nSPS) is 12.4. The van der Waals surface area contributed by atoms with Crippen LogP contribution in [0.5, 0.6) is 5.75 Å². The average molecular weight is 332 g/mol. The third-order valence-electron chi connectivity index (χ3n) is 3.15. The molecule has 2 amide bonds. The quantitative estimate of drug-likeness (QED) is 0.868. The van der Waals surface area contributed by atoms with Crippen molar-refractivity contribution < 1.29 is 27.5 Å². The number of hydrogen-bond acceptors (Lipinski definition) is 3. The Hall–Kier alpha value is -2.25. The van der Waals surface area contributed by atoms with E-state index in [1.165, 1.54) is 31.0 Å². The molecule has 1 rings (SSSR count). The zero-order valence-electron chi connectivity index (χ0n) is 13.1. The van der Waals surface area contributed by atoms with Crippen LogP contribution < -0.4 is 10.1 Å². The summed E-state index contributed by atoms with van der Waals surface area (Å²) in [6.45, 7) is 3.07. The van der Waals surface area contributed by atoms with Gasteiger partial charge in [0.15, 0.2) is 6.10 Å². The van der Waals surface area contributed by atoms with Crippen LogP contribution in [-0.4, -0.2) is 43.0 Å². The molecule has 0 aliphatic carbocycles. The first-order valence-electron chi connectivity index (χ1n) is 7.03. The average Bonchev–Trinajstić information content (AvgIpc) is 2.51. The number of carbonyl (C=O) groups excluding carboxylic acids is 2. The molecule has 1 aromatic carbocycles. The standard InChI is InChI=1S/C15H19F3N2O3/c1-4-20(9-13(21)19-3)14(22)10(2)23-12-8-6-5-7-11(12)15(16,17)18/h5-8,10H,4,9H2,1-3H3,(H,19,21). The van der Waals surface area contributed by atoms with Crippen LogP contribution in [0.3, 0.4) is 0 Å². The summed E-state index contributed by atoms with van der Waals surface area (Å²) >= 11 is 0. The van der Waals surface area contributed by atoms with E-state index in [1.807, 2.05) is 0 Å². The van der Waals surface area contributed by atoms with Crippen molar-refractivity contribution in [1.82, 2.24) is 10.2 Å². The molecule has 0 aliphatic rings. The number of rotatable bonds is 6. The van der Waals surface area contributed by atoms with Crippen LogP contribution in [0, 0.1) is 0 Å². The first-order valence-corrected chi connectivity index (χ1v) is 7.03. The number of nitrogens with zero attached hydrogens (tertiary/aromatic N) is 1. The first-order chi connectivity index (χ1) is 10.7. The minimum Gasteiger partial charge on any atom is -0.480 e. The number of benzene rings is 1. The molecular weight excluding hydrogens is 313 g/mol. The van der Waals surface area contributed by atoms with Gasteiger partial charge in [-0.3, -0.25) is 9.59 Å². The molecule has 23 heavy (non-hydrogen) atoms. The maximum Gasteiger partial charge on any atom is 0.419 e. The van der Waals surface area contributed by atoms with E-state index in [9.17, 15) is 22.8 Å². The van der Waals surface area contributed by atoms with Crippen LogP contribution in [0.4, 0.5) is 13.2 Å². The number of para-hydroxylation sites is 1. The third-order valence-corrected chi connectivity index (χ3v) is 3.15. The number of carbonyl (C=O) groups is 2. The van der Waals surface area contributed by atoms with Crippen LogP contribution in [0.1, 0.15) is 19.4 Å². The Labute approximate surface area is 132 Å². The molecule has 0 spiro atoms. The lowest BCUT2D eigenvalue weighted by Crippen LogP contribution is -2.45. The summed E-state index contributed by atoms with van der Waals surface area (Å²) in [6.07, 6.45) is -5.73. The van der Waals surface area contributed by atoms with Gasteiger partial charge in [0.2, 0.25) is 5.91 Å². The SMILES string of the molecule is CCN(CC(=O)NC)C(=O)C(C)Oc1ccccc1C(F)(F)F. The third kappa shape index (κ3) is 5.15. The number of halogens is 3. The number of ether oxygens (including phenoxy) is 1. The van der Waals surface area contributed by atoms with Gasteiger partial charge in [-0.25, -0.2) is 0 Å². The Balaban J connectivity index is 2.89. The van der Waals surface area contributed by atoms with Gasteiger partial charge in [-0.1, -0.05) is 12.1 Å². The highest BCUT2D eigenvalue weighted by atomic mass is 19.4. The minimum absolute atomic E-state index is 0.180. The molecule has 8 heteroatoms. The van der Waals surface area contributed by atoms with E-state index in [-0.39, 0.29) is 19.0 Å². The molecule has 128 valence electrons. The van der Waals surface area contributed by atoms with Crippen LogP contribution >= 0.6 is 0 Å². The maximum absolute atomic E-state index is 12.9. The molecule has 0 fully saturated rings. The lowest BCUT2D eigenvalue weighted by Gasteiger charge is -2.25. The summed E-state index contributed by atoms with van der Waals surface area (Å²) in [6, 6.07) is 4.67. The fraction of sp³-hybridized carbons (Fsp3) is 0.467. The fourth-order valence-corrected chi connectivity index (χ4v) is 1.90. The topological polar surface area (TPSA) is 58.6 Å². The van der Waals surface area contributed by atoms with Crippen LogP contribution in [0.25, 0.3) is 0 Å². The van der Waals surface area contributed by atoms with E-state index in [0.29, 0.717) is 0 Å². The number of nitrogens with one attached hydrogen (secondary N) is 1. The summed E-state index contributed by atoms with van der Waals surface area (Å²) in [4.78, 5) is 24.8. The van der Waals surface area contributed by atoms with Gasteiger partial charge in [-0.2, -0.15) is 13.2 Å². The van der Waals surface area contributed by atoms with E-state index in [0.717, 1.165) is 12.1 Å². The summed E-state index contributed by atoms with van der Waals surface area (Å²) in [7, 11) is 1.43. The summed E-state index contributed by atoms with van der Waals surface area (Å²) in [5, 5.41) is 2.38. The van der Waals surface area contributed by atoms with Crippen LogP contribution in [0.2, 0.25) is 0 Å². The first kappa shape index (κ1) is 18.8. The predicted octanol–water partition coefficient (Wildman–Crippen LogP) is 2.07. The minimum atomic E-state index is -4.58. The van der Waals surface area contributed by atoms with E-state index < -0.39 is 29.5 Å². The van der Waals surface area contributed by atoms with Gasteiger partial charge in [-0.05, 0) is 26.0 Å². The highest BCUT2D eigenvalue weighted by Gasteiger charge is 2.35. The van der Waals surface area contributed by atoms with Gasteiger partial charge in [-0.15, -0.1) is 0 Å². The molecule has 1 N–H and O–H groups in total. The zero-order valence-corrected chi connectivity index (χ0v) is 13.1. The van der Waals surface area contributed by atoms with Crippen molar-refractivity contribution in [2.24, 2.45) is 0 Å². The van der Waals surface area contributed by atoms with Gasteiger partial charge in [0, 0.05) is 13.6 Å². The highest BCUT2D eigenvalue weighted by molar-refractivity contribution is 5.86. The molecule has 0 heterocycles. The molecule has 1 aromatic rings. The van der Waals surface area contributed by atoms with Gasteiger partial charge in [0.25, 0.3) is 5.91 Å². The van der Waals surface area contributed by atoms with Gasteiger partial charge in [0.1, 0.15) is 5.75 Å². The smallest absolute Gasteiger partial charge is 0.419 e. The molecule has 5 nitrogen and oxygen atoms in total. The van der Waals surface area contributed by atoms with Crippen molar-refractivity contribution in [3.8, 4) is 5.75 Å². The number of hydrogen-bond donors (Lipinski definition) is 1. The molecule has 1 unspecified atom stereocenters. The lowest BCUT2D eigenvalue weighted by atomic mass is 10.2. The second kappa shape index (κ2) is 7.85. The van der Waals surface area contributed by atoms with E-state index in [1.54, 1.807) is 6.92 Å². The van der Waals surface area contributed by atoms with Crippen molar-refractivity contribution in [2.45, 2.75) is 26.1 Å². The van der Waals surface area contributed by atoms with Gasteiger partial charge >= 0.3 is 6.18 Å². The fourth-order valence-electron chi connectivity index (χ4n) is 1.90.